The van der Waals surface area contributed by atoms with Gasteiger partial charge in [0, 0.05) is 33.5 Å². The van der Waals surface area contributed by atoms with Crippen LogP contribution in [0.25, 0.3) is 0 Å². The molecule has 0 atom stereocenters. The molecule has 1 heterocycles. The third kappa shape index (κ3) is 6.33. The van der Waals surface area contributed by atoms with Crippen LogP contribution in [0.15, 0.2) is 24.4 Å². The number of hydrogen-bond donors (Lipinski definition) is 1. The van der Waals surface area contributed by atoms with Gasteiger partial charge in [-0.15, -0.1) is 0 Å². The van der Waals surface area contributed by atoms with Crippen molar-refractivity contribution in [3.8, 4) is 0 Å². The molecule has 1 aromatic rings. The van der Waals surface area contributed by atoms with E-state index in [1.54, 1.807) is 32.5 Å². The van der Waals surface area contributed by atoms with Gasteiger partial charge in [0.1, 0.15) is 0 Å². The minimum Gasteiger partial charge on any atom is -0.383 e. The first-order chi connectivity index (χ1) is 10.2. The van der Waals surface area contributed by atoms with Crippen molar-refractivity contribution < 1.29 is 19.1 Å². The summed E-state index contributed by atoms with van der Waals surface area (Å²) in [5.41, 5.74) is 0.694. The monoisotopic (exact) mass is 295 g/mol. The van der Waals surface area contributed by atoms with Gasteiger partial charge in [-0.1, -0.05) is 6.07 Å². The van der Waals surface area contributed by atoms with Crippen LogP contribution in [0.1, 0.15) is 5.69 Å². The number of hydrogen-bond acceptors (Lipinski definition) is 5. The number of amides is 2. The van der Waals surface area contributed by atoms with Gasteiger partial charge in [0.05, 0.1) is 25.5 Å². The number of rotatable bonds is 8. The molecule has 2 amide bonds. The lowest BCUT2D eigenvalue weighted by Gasteiger charge is -2.21. The van der Waals surface area contributed by atoms with E-state index in [1.165, 1.54) is 4.90 Å². The predicted octanol–water partition coefficient (Wildman–Crippen LogP) is -0.181. The van der Waals surface area contributed by atoms with E-state index in [-0.39, 0.29) is 6.54 Å². The Hall–Kier alpha value is -1.99. The van der Waals surface area contributed by atoms with Crippen molar-refractivity contribution in [2.45, 2.75) is 6.54 Å². The third-order valence-electron chi connectivity index (χ3n) is 2.77. The Morgan fingerprint density at radius 2 is 1.86 bits per heavy atom. The molecule has 0 bridgehead atoms. The zero-order valence-corrected chi connectivity index (χ0v) is 12.4. The molecule has 0 spiro atoms. The van der Waals surface area contributed by atoms with Gasteiger partial charge < -0.3 is 19.7 Å². The van der Waals surface area contributed by atoms with Crippen molar-refractivity contribution in [3.63, 3.8) is 0 Å². The summed E-state index contributed by atoms with van der Waals surface area (Å²) >= 11 is 0. The van der Waals surface area contributed by atoms with Crippen LogP contribution in [-0.2, 0) is 25.6 Å². The molecule has 116 valence electrons. The first kappa shape index (κ1) is 17.1. The fraction of sp³-hybridized carbons (Fsp3) is 0.500. The summed E-state index contributed by atoms with van der Waals surface area (Å²) in [5.74, 6) is -1.26. The number of aromatic nitrogens is 1. The average Bonchev–Trinajstić information content (AvgIpc) is 2.53. The van der Waals surface area contributed by atoms with Crippen LogP contribution in [0.4, 0.5) is 0 Å². The molecule has 1 N–H and O–H groups in total. The highest BCUT2D eigenvalue weighted by molar-refractivity contribution is 6.34. The average molecular weight is 295 g/mol. The number of nitrogens with one attached hydrogen (secondary N) is 1. The van der Waals surface area contributed by atoms with Gasteiger partial charge in [-0.2, -0.15) is 0 Å². The molecular weight excluding hydrogens is 274 g/mol. The van der Waals surface area contributed by atoms with Crippen molar-refractivity contribution in [3.05, 3.63) is 30.1 Å². The Kier molecular flexibility index (Phi) is 8.00. The number of carbonyl (C=O) groups is 2. The van der Waals surface area contributed by atoms with Crippen molar-refractivity contribution >= 4 is 11.8 Å². The van der Waals surface area contributed by atoms with Gasteiger partial charge in [0.15, 0.2) is 0 Å². The molecule has 7 nitrogen and oxygen atoms in total. The van der Waals surface area contributed by atoms with Gasteiger partial charge in [0.2, 0.25) is 0 Å². The lowest BCUT2D eigenvalue weighted by atomic mass is 10.3. The number of ether oxygens (including phenoxy) is 2. The molecular formula is C14H21N3O4. The minimum atomic E-state index is -0.659. The van der Waals surface area contributed by atoms with Gasteiger partial charge in [-0.05, 0) is 12.1 Å². The molecule has 0 radical (unpaired) electrons. The maximum Gasteiger partial charge on any atom is 0.312 e. The van der Waals surface area contributed by atoms with Crippen molar-refractivity contribution in [2.75, 3.05) is 40.5 Å². The van der Waals surface area contributed by atoms with Crippen LogP contribution in [-0.4, -0.2) is 62.2 Å². The first-order valence-electron chi connectivity index (χ1n) is 6.64. The minimum absolute atomic E-state index is 0.216. The van der Waals surface area contributed by atoms with Gasteiger partial charge in [0.25, 0.3) is 0 Å². The highest BCUT2D eigenvalue weighted by Gasteiger charge is 2.21. The summed E-state index contributed by atoms with van der Waals surface area (Å²) in [6, 6.07) is 5.38. The predicted molar refractivity (Wildman–Crippen MR) is 76.4 cm³/mol. The van der Waals surface area contributed by atoms with Crippen LogP contribution in [0, 0.1) is 0 Å². The Balaban J connectivity index is 2.50. The van der Waals surface area contributed by atoms with E-state index in [9.17, 15) is 9.59 Å². The Morgan fingerprint density at radius 3 is 2.38 bits per heavy atom. The molecule has 0 aliphatic rings. The molecule has 0 unspecified atom stereocenters. The van der Waals surface area contributed by atoms with Gasteiger partial charge >= 0.3 is 11.8 Å². The summed E-state index contributed by atoms with van der Waals surface area (Å²) < 4.78 is 9.87. The highest BCUT2D eigenvalue weighted by atomic mass is 16.5. The van der Waals surface area contributed by atoms with Gasteiger partial charge in [-0.3, -0.25) is 14.6 Å². The molecule has 1 aromatic heterocycles. The Bertz CT molecular complexity index is 431. The van der Waals surface area contributed by atoms with E-state index in [0.29, 0.717) is 32.0 Å². The zero-order valence-electron chi connectivity index (χ0n) is 12.4. The zero-order chi connectivity index (χ0) is 15.5. The largest absolute Gasteiger partial charge is 0.383 e. The SMILES string of the molecule is COCCN(CCOC)C(=O)C(=O)NCc1ccccn1. The molecule has 7 heteroatoms. The molecule has 0 aliphatic heterocycles. The quantitative estimate of drug-likeness (QED) is 0.673. The maximum absolute atomic E-state index is 12.1. The van der Waals surface area contributed by atoms with Gasteiger partial charge in [-0.25, -0.2) is 0 Å². The van der Waals surface area contributed by atoms with Crippen LogP contribution < -0.4 is 5.32 Å². The summed E-state index contributed by atoms with van der Waals surface area (Å²) in [4.78, 5) is 29.4. The van der Waals surface area contributed by atoms with E-state index in [0.717, 1.165) is 0 Å². The molecule has 1 rings (SSSR count). The first-order valence-corrected chi connectivity index (χ1v) is 6.64. The fourth-order valence-electron chi connectivity index (χ4n) is 1.61. The summed E-state index contributed by atoms with van der Waals surface area (Å²) in [6.07, 6.45) is 1.63. The molecule has 21 heavy (non-hydrogen) atoms. The van der Waals surface area contributed by atoms with E-state index in [2.05, 4.69) is 10.3 Å². The van der Waals surface area contributed by atoms with Crippen molar-refractivity contribution in [1.29, 1.82) is 0 Å². The second kappa shape index (κ2) is 9.84. The highest BCUT2D eigenvalue weighted by Crippen LogP contribution is 1.95. The summed E-state index contributed by atoms with van der Waals surface area (Å²) in [5, 5.41) is 2.56. The van der Waals surface area contributed by atoms with Crippen LogP contribution in [0.5, 0.6) is 0 Å². The maximum atomic E-state index is 12.1. The van der Waals surface area contributed by atoms with E-state index in [1.807, 2.05) is 6.07 Å². The van der Waals surface area contributed by atoms with E-state index in [4.69, 9.17) is 9.47 Å². The summed E-state index contributed by atoms with van der Waals surface area (Å²) in [6.45, 7) is 1.63. The fourth-order valence-corrected chi connectivity index (χ4v) is 1.61. The normalized spacial score (nSPS) is 10.2. The Morgan fingerprint density at radius 1 is 1.19 bits per heavy atom. The smallest absolute Gasteiger partial charge is 0.312 e. The molecule has 0 aromatic carbocycles. The number of methoxy groups -OCH3 is 2. The molecule has 0 saturated heterocycles. The lowest BCUT2D eigenvalue weighted by Crippen LogP contribution is -2.45. The number of pyridine rings is 1. The van der Waals surface area contributed by atoms with Crippen molar-refractivity contribution in [2.24, 2.45) is 0 Å². The third-order valence-corrected chi connectivity index (χ3v) is 2.77. The number of carbonyl (C=O) groups excluding carboxylic acids is 2. The second-order valence-electron chi connectivity index (χ2n) is 4.28. The lowest BCUT2D eigenvalue weighted by molar-refractivity contribution is -0.146. The standard InChI is InChI=1S/C14H21N3O4/c1-20-9-7-17(8-10-21-2)14(19)13(18)16-11-12-5-3-4-6-15-12/h3-6H,7-11H2,1-2H3,(H,16,18). The second-order valence-corrected chi connectivity index (χ2v) is 4.28. The van der Waals surface area contributed by atoms with Crippen molar-refractivity contribution in [1.82, 2.24) is 15.2 Å². The Labute approximate surface area is 124 Å². The summed E-state index contributed by atoms with van der Waals surface area (Å²) in [7, 11) is 3.08. The topological polar surface area (TPSA) is 80.8 Å². The molecule has 0 aliphatic carbocycles. The van der Waals surface area contributed by atoms with Crippen LogP contribution in [0.3, 0.4) is 0 Å². The number of nitrogens with zero attached hydrogens (tertiary/aromatic N) is 2. The van der Waals surface area contributed by atoms with E-state index >= 15 is 0 Å². The molecule has 0 saturated carbocycles. The van der Waals surface area contributed by atoms with Crippen LogP contribution in [0.2, 0.25) is 0 Å². The van der Waals surface area contributed by atoms with Crippen LogP contribution >= 0.6 is 0 Å². The van der Waals surface area contributed by atoms with E-state index < -0.39 is 11.8 Å². The molecule has 0 fully saturated rings.